The summed E-state index contributed by atoms with van der Waals surface area (Å²) in [5.41, 5.74) is 0.549. The van der Waals surface area contributed by atoms with Gasteiger partial charge in [-0.3, -0.25) is 4.79 Å². The van der Waals surface area contributed by atoms with Crippen LogP contribution < -0.4 is 10.6 Å². The molecule has 1 fully saturated rings. The first-order valence-corrected chi connectivity index (χ1v) is 9.29. The number of carbonyl (C=O) groups excluding carboxylic acids is 1. The van der Waals surface area contributed by atoms with E-state index in [0.29, 0.717) is 23.2 Å². The molecule has 6 nitrogen and oxygen atoms in total. The van der Waals surface area contributed by atoms with Gasteiger partial charge in [0.15, 0.2) is 0 Å². The molecule has 0 spiro atoms. The highest BCUT2D eigenvalue weighted by molar-refractivity contribution is 9.10. The Kier molecular flexibility index (Phi) is 5.26. The van der Waals surface area contributed by atoms with Gasteiger partial charge in [0.2, 0.25) is 15.9 Å². The second-order valence-corrected chi connectivity index (χ2v) is 8.17. The quantitative estimate of drug-likeness (QED) is 0.825. The number of nitrogens with zero attached hydrogens (tertiary/aromatic N) is 1. The second kappa shape index (κ2) is 6.66. The zero-order valence-corrected chi connectivity index (χ0v) is 15.2. The first-order valence-electron chi connectivity index (χ1n) is 7.06. The lowest BCUT2D eigenvalue weighted by Gasteiger charge is -2.37. The van der Waals surface area contributed by atoms with E-state index >= 15 is 0 Å². The fourth-order valence-corrected chi connectivity index (χ4v) is 4.81. The monoisotopic (exact) mass is 389 g/mol. The first-order chi connectivity index (χ1) is 10.2. The fraction of sp³-hybridized carbons (Fsp3) is 0.500. The summed E-state index contributed by atoms with van der Waals surface area (Å²) in [4.78, 5) is 11.3. The van der Waals surface area contributed by atoms with Gasteiger partial charge in [0, 0.05) is 36.6 Å². The molecule has 1 aromatic rings. The number of carbonyl (C=O) groups is 1. The predicted molar refractivity (Wildman–Crippen MR) is 89.3 cm³/mol. The number of benzene rings is 1. The summed E-state index contributed by atoms with van der Waals surface area (Å²) in [7, 11) is -3.56. The van der Waals surface area contributed by atoms with Crippen molar-refractivity contribution in [2.75, 3.05) is 18.4 Å². The number of halogens is 1. The molecule has 1 saturated heterocycles. The van der Waals surface area contributed by atoms with Crippen molar-refractivity contribution >= 4 is 37.5 Å². The Labute approximate surface area is 139 Å². The maximum absolute atomic E-state index is 12.8. The molecule has 1 aliphatic rings. The molecule has 2 N–H and O–H groups in total. The maximum Gasteiger partial charge on any atom is 0.243 e. The van der Waals surface area contributed by atoms with Crippen LogP contribution in [0, 0.1) is 0 Å². The van der Waals surface area contributed by atoms with Crippen molar-refractivity contribution in [2.24, 2.45) is 0 Å². The van der Waals surface area contributed by atoms with Crippen LogP contribution in [-0.2, 0) is 14.8 Å². The molecule has 0 saturated carbocycles. The summed E-state index contributed by atoms with van der Waals surface area (Å²) in [6.07, 6.45) is 0. The van der Waals surface area contributed by atoms with E-state index in [-0.39, 0.29) is 22.9 Å². The fourth-order valence-electron chi connectivity index (χ4n) is 2.45. The van der Waals surface area contributed by atoms with Crippen LogP contribution in [0.15, 0.2) is 27.6 Å². The van der Waals surface area contributed by atoms with Crippen LogP contribution in [0.2, 0.25) is 0 Å². The Morgan fingerprint density at radius 2 is 2.09 bits per heavy atom. The van der Waals surface area contributed by atoms with Crippen LogP contribution in [0.4, 0.5) is 5.69 Å². The molecule has 0 aliphatic carbocycles. The van der Waals surface area contributed by atoms with Gasteiger partial charge in [-0.2, -0.15) is 4.31 Å². The summed E-state index contributed by atoms with van der Waals surface area (Å²) < 4.78 is 27.7. The number of anilines is 1. The number of amides is 1. The van der Waals surface area contributed by atoms with E-state index in [1.54, 1.807) is 6.07 Å². The number of sulfonamides is 1. The number of piperazine rings is 1. The average molecular weight is 390 g/mol. The highest BCUT2D eigenvalue weighted by Gasteiger charge is 2.34. The molecule has 22 heavy (non-hydrogen) atoms. The molecule has 2 rings (SSSR count). The van der Waals surface area contributed by atoms with Gasteiger partial charge in [0.1, 0.15) is 0 Å². The largest absolute Gasteiger partial charge is 0.325 e. The van der Waals surface area contributed by atoms with Crippen LogP contribution >= 0.6 is 15.9 Å². The molecule has 2 atom stereocenters. The molecule has 2 unspecified atom stereocenters. The van der Waals surface area contributed by atoms with E-state index < -0.39 is 10.0 Å². The number of rotatable bonds is 3. The van der Waals surface area contributed by atoms with Gasteiger partial charge in [-0.05, 0) is 48.0 Å². The Morgan fingerprint density at radius 1 is 1.41 bits per heavy atom. The van der Waals surface area contributed by atoms with Crippen LogP contribution in [0.1, 0.15) is 20.8 Å². The molecule has 8 heteroatoms. The van der Waals surface area contributed by atoms with Crippen LogP contribution in [-0.4, -0.2) is 43.8 Å². The van der Waals surface area contributed by atoms with Gasteiger partial charge in [-0.25, -0.2) is 8.42 Å². The molecule has 0 aromatic heterocycles. The van der Waals surface area contributed by atoms with Crippen LogP contribution in [0.5, 0.6) is 0 Å². The van der Waals surface area contributed by atoms with E-state index in [2.05, 4.69) is 26.6 Å². The molecule has 1 aromatic carbocycles. The standard InChI is InChI=1S/C14H20BrN3O3S/c1-9-10(2)18(7-6-16-9)22(20,21)12-4-5-14(13(15)8-12)17-11(3)19/h4-5,8-10,16H,6-7H2,1-3H3,(H,17,19). The lowest BCUT2D eigenvalue weighted by Crippen LogP contribution is -2.57. The Bertz CT molecular complexity index is 678. The van der Waals surface area contributed by atoms with Gasteiger partial charge >= 0.3 is 0 Å². The smallest absolute Gasteiger partial charge is 0.243 e. The van der Waals surface area contributed by atoms with Gasteiger partial charge in [0.25, 0.3) is 0 Å². The molecule has 0 bridgehead atoms. The van der Waals surface area contributed by atoms with Crippen LogP contribution in [0.25, 0.3) is 0 Å². The zero-order valence-electron chi connectivity index (χ0n) is 12.8. The third-order valence-corrected chi connectivity index (χ3v) is 6.47. The molecule has 1 heterocycles. The normalized spacial score (nSPS) is 23.3. The van der Waals surface area contributed by atoms with Crippen LogP contribution in [0.3, 0.4) is 0 Å². The number of hydrogen-bond acceptors (Lipinski definition) is 4. The molecule has 1 aliphatic heterocycles. The molecular weight excluding hydrogens is 370 g/mol. The molecular formula is C14H20BrN3O3S. The van der Waals surface area contributed by atoms with Crippen molar-refractivity contribution in [1.82, 2.24) is 9.62 Å². The van der Waals surface area contributed by atoms with E-state index in [0.717, 1.165) is 0 Å². The lowest BCUT2D eigenvalue weighted by atomic mass is 10.1. The SMILES string of the molecule is CC(=O)Nc1ccc(S(=O)(=O)N2CCNC(C)C2C)cc1Br. The van der Waals surface area contributed by atoms with Gasteiger partial charge in [0.05, 0.1) is 10.6 Å². The van der Waals surface area contributed by atoms with Crippen molar-refractivity contribution < 1.29 is 13.2 Å². The summed E-state index contributed by atoms with van der Waals surface area (Å²) in [6.45, 7) is 6.35. The minimum absolute atomic E-state index is 0.102. The summed E-state index contributed by atoms with van der Waals surface area (Å²) in [5, 5.41) is 5.91. The zero-order chi connectivity index (χ0) is 16.5. The third-order valence-electron chi connectivity index (χ3n) is 3.83. The minimum Gasteiger partial charge on any atom is -0.325 e. The third kappa shape index (κ3) is 3.51. The Morgan fingerprint density at radius 3 is 2.68 bits per heavy atom. The van der Waals surface area contributed by atoms with Crippen molar-refractivity contribution in [1.29, 1.82) is 0 Å². The van der Waals surface area contributed by atoms with Gasteiger partial charge in [-0.15, -0.1) is 0 Å². The Balaban J connectivity index is 2.33. The molecule has 122 valence electrons. The molecule has 1 amide bonds. The van der Waals surface area contributed by atoms with Crippen molar-refractivity contribution in [3.63, 3.8) is 0 Å². The summed E-state index contributed by atoms with van der Waals surface area (Å²) in [6, 6.07) is 4.62. The summed E-state index contributed by atoms with van der Waals surface area (Å²) in [5.74, 6) is -0.208. The van der Waals surface area contributed by atoms with Crippen molar-refractivity contribution in [3.05, 3.63) is 22.7 Å². The van der Waals surface area contributed by atoms with Crippen molar-refractivity contribution in [2.45, 2.75) is 37.8 Å². The topological polar surface area (TPSA) is 78.5 Å². The maximum atomic E-state index is 12.8. The van der Waals surface area contributed by atoms with Crippen molar-refractivity contribution in [3.8, 4) is 0 Å². The van der Waals surface area contributed by atoms with E-state index in [1.165, 1.54) is 23.4 Å². The van der Waals surface area contributed by atoms with E-state index in [4.69, 9.17) is 0 Å². The Hall–Kier alpha value is -0.960. The highest BCUT2D eigenvalue weighted by atomic mass is 79.9. The molecule has 0 radical (unpaired) electrons. The van der Waals surface area contributed by atoms with Gasteiger partial charge < -0.3 is 10.6 Å². The predicted octanol–water partition coefficient (Wildman–Crippen LogP) is 1.78. The number of hydrogen-bond donors (Lipinski definition) is 2. The van der Waals surface area contributed by atoms with E-state index in [1.807, 2.05) is 13.8 Å². The summed E-state index contributed by atoms with van der Waals surface area (Å²) >= 11 is 3.31. The average Bonchev–Trinajstić information content (AvgIpc) is 2.43. The highest BCUT2D eigenvalue weighted by Crippen LogP contribution is 2.28. The van der Waals surface area contributed by atoms with Gasteiger partial charge in [-0.1, -0.05) is 0 Å². The second-order valence-electron chi connectivity index (χ2n) is 5.42. The lowest BCUT2D eigenvalue weighted by molar-refractivity contribution is -0.114. The number of nitrogens with one attached hydrogen (secondary N) is 2. The van der Waals surface area contributed by atoms with E-state index in [9.17, 15) is 13.2 Å². The first kappa shape index (κ1) is 17.4. The minimum atomic E-state index is -3.56.